The molecule has 104 valence electrons. The Bertz CT molecular complexity index is 460. The molecule has 0 aromatic heterocycles. The minimum Gasteiger partial charge on any atom is -0.393 e. The number of anilines is 1. The Morgan fingerprint density at radius 1 is 1.47 bits per heavy atom. The van der Waals surface area contributed by atoms with Crippen molar-refractivity contribution < 1.29 is 15.0 Å². The van der Waals surface area contributed by atoms with Crippen LogP contribution in [-0.2, 0) is 11.2 Å². The zero-order valence-corrected chi connectivity index (χ0v) is 11.0. The van der Waals surface area contributed by atoms with E-state index < -0.39 is 5.60 Å². The highest BCUT2D eigenvalue weighted by Gasteiger charge is 2.26. The van der Waals surface area contributed by atoms with Crippen molar-refractivity contribution in [3.8, 4) is 0 Å². The van der Waals surface area contributed by atoms with Gasteiger partial charge in [-0.05, 0) is 31.4 Å². The molecule has 0 saturated heterocycles. The summed E-state index contributed by atoms with van der Waals surface area (Å²) in [5.41, 5.74) is 0.763. The summed E-state index contributed by atoms with van der Waals surface area (Å²) in [4.78, 5) is 12.1. The summed E-state index contributed by atoms with van der Waals surface area (Å²) < 4.78 is 0. The number of carbonyl (C=O) groups excluding carboxylic acids is 1. The molecule has 5 heteroatoms. The number of amides is 1. The van der Waals surface area contributed by atoms with E-state index in [1.807, 2.05) is 24.3 Å². The fourth-order valence-electron chi connectivity index (χ4n) is 2.10. The Morgan fingerprint density at radius 2 is 2.21 bits per heavy atom. The second-order valence-electron chi connectivity index (χ2n) is 5.27. The van der Waals surface area contributed by atoms with Gasteiger partial charge < -0.3 is 20.8 Å². The lowest BCUT2D eigenvalue weighted by molar-refractivity contribution is -0.118. The molecule has 0 radical (unpaired) electrons. The summed E-state index contributed by atoms with van der Waals surface area (Å²) >= 11 is 0. The van der Waals surface area contributed by atoms with Gasteiger partial charge in [-0.2, -0.15) is 0 Å². The number of hydrogen-bond acceptors (Lipinski definition) is 4. The van der Waals surface area contributed by atoms with Gasteiger partial charge in [0.1, 0.15) is 0 Å². The van der Waals surface area contributed by atoms with Gasteiger partial charge in [-0.3, -0.25) is 4.79 Å². The molecule has 0 fully saturated rings. The average molecular weight is 264 g/mol. The van der Waals surface area contributed by atoms with E-state index in [0.29, 0.717) is 6.42 Å². The van der Waals surface area contributed by atoms with Crippen LogP contribution < -0.4 is 10.6 Å². The van der Waals surface area contributed by atoms with Crippen molar-refractivity contribution in [2.45, 2.75) is 31.4 Å². The Morgan fingerprint density at radius 3 is 2.95 bits per heavy atom. The molecule has 4 N–H and O–H groups in total. The Hall–Kier alpha value is -1.43. The number of aliphatic hydroxyl groups is 2. The zero-order valence-electron chi connectivity index (χ0n) is 11.0. The van der Waals surface area contributed by atoms with E-state index in [-0.39, 0.29) is 25.1 Å². The summed E-state index contributed by atoms with van der Waals surface area (Å²) in [5.74, 6) is -0.0984. The van der Waals surface area contributed by atoms with E-state index in [0.717, 1.165) is 17.7 Å². The summed E-state index contributed by atoms with van der Waals surface area (Å²) in [6.45, 7) is 1.37. The molecule has 1 aromatic carbocycles. The van der Waals surface area contributed by atoms with Gasteiger partial charge in [-0.1, -0.05) is 18.2 Å². The van der Waals surface area contributed by atoms with E-state index in [1.54, 1.807) is 0 Å². The van der Waals surface area contributed by atoms with Crippen LogP contribution in [0.3, 0.4) is 0 Å². The molecule has 1 heterocycles. The molecule has 2 unspecified atom stereocenters. The van der Waals surface area contributed by atoms with Gasteiger partial charge in [0.2, 0.25) is 5.91 Å². The minimum atomic E-state index is -1.21. The monoisotopic (exact) mass is 264 g/mol. The fourth-order valence-corrected chi connectivity index (χ4v) is 2.10. The maximum absolute atomic E-state index is 12.1. The fraction of sp³-hybridized carbons (Fsp3) is 0.500. The summed E-state index contributed by atoms with van der Waals surface area (Å²) in [7, 11) is 0. The minimum absolute atomic E-state index is 0.0984. The van der Waals surface area contributed by atoms with Gasteiger partial charge in [0, 0.05) is 12.2 Å². The van der Waals surface area contributed by atoms with Crippen molar-refractivity contribution >= 4 is 11.6 Å². The summed E-state index contributed by atoms with van der Waals surface area (Å²) in [6, 6.07) is 7.38. The predicted molar refractivity (Wildman–Crippen MR) is 72.9 cm³/mol. The van der Waals surface area contributed by atoms with E-state index in [9.17, 15) is 9.90 Å². The Kier molecular flexibility index (Phi) is 4.19. The van der Waals surface area contributed by atoms with Crippen molar-refractivity contribution in [2.24, 2.45) is 0 Å². The van der Waals surface area contributed by atoms with Crippen molar-refractivity contribution in [3.63, 3.8) is 0 Å². The highest BCUT2D eigenvalue weighted by atomic mass is 16.3. The molecule has 1 aromatic rings. The molecule has 0 saturated carbocycles. The summed E-state index contributed by atoms with van der Waals surface area (Å²) in [5, 5.41) is 24.6. The second kappa shape index (κ2) is 5.69. The van der Waals surface area contributed by atoms with Crippen LogP contribution >= 0.6 is 0 Å². The SMILES string of the molecule is CC(O)(CO)CNC1CCc2ccccc2NC1=O. The molecule has 5 nitrogen and oxygen atoms in total. The first-order valence-corrected chi connectivity index (χ1v) is 6.47. The standard InChI is InChI=1S/C14H20N2O3/c1-14(19,9-17)8-15-12-7-6-10-4-2-3-5-11(10)16-13(12)18/h2-5,12,15,17,19H,6-9H2,1H3,(H,16,18). The maximum Gasteiger partial charge on any atom is 0.241 e. The van der Waals surface area contributed by atoms with E-state index in [2.05, 4.69) is 10.6 Å². The molecule has 1 aliphatic heterocycles. The van der Waals surface area contributed by atoms with Crippen LogP contribution in [0.5, 0.6) is 0 Å². The highest BCUT2D eigenvalue weighted by molar-refractivity contribution is 5.96. The maximum atomic E-state index is 12.1. The van der Waals surface area contributed by atoms with Crippen LogP contribution in [0.4, 0.5) is 5.69 Å². The number of aliphatic hydroxyl groups excluding tert-OH is 1. The number of para-hydroxylation sites is 1. The molecule has 0 bridgehead atoms. The third-order valence-electron chi connectivity index (χ3n) is 3.36. The van der Waals surface area contributed by atoms with Crippen molar-refractivity contribution in [2.75, 3.05) is 18.5 Å². The third-order valence-corrected chi connectivity index (χ3v) is 3.36. The molecule has 0 aliphatic carbocycles. The first-order valence-electron chi connectivity index (χ1n) is 6.47. The van der Waals surface area contributed by atoms with Crippen LogP contribution in [0, 0.1) is 0 Å². The smallest absolute Gasteiger partial charge is 0.241 e. The third kappa shape index (κ3) is 3.53. The van der Waals surface area contributed by atoms with Crippen LogP contribution in [0.1, 0.15) is 18.9 Å². The normalized spacial score (nSPS) is 22.1. The van der Waals surface area contributed by atoms with E-state index in [1.165, 1.54) is 6.92 Å². The number of benzene rings is 1. The second-order valence-corrected chi connectivity index (χ2v) is 5.27. The topological polar surface area (TPSA) is 81.6 Å². The van der Waals surface area contributed by atoms with Gasteiger partial charge in [-0.25, -0.2) is 0 Å². The number of carbonyl (C=O) groups is 1. The van der Waals surface area contributed by atoms with Crippen molar-refractivity contribution in [3.05, 3.63) is 29.8 Å². The molecule has 0 spiro atoms. The number of nitrogens with one attached hydrogen (secondary N) is 2. The number of rotatable bonds is 4. The number of hydrogen-bond donors (Lipinski definition) is 4. The number of aryl methyl sites for hydroxylation is 1. The molecule has 2 rings (SSSR count). The molecular weight excluding hydrogens is 244 g/mol. The highest BCUT2D eigenvalue weighted by Crippen LogP contribution is 2.21. The Labute approximate surface area is 112 Å². The molecule has 19 heavy (non-hydrogen) atoms. The van der Waals surface area contributed by atoms with E-state index in [4.69, 9.17) is 5.11 Å². The lowest BCUT2D eigenvalue weighted by Crippen LogP contribution is -2.48. The lowest BCUT2D eigenvalue weighted by Gasteiger charge is -2.24. The van der Waals surface area contributed by atoms with E-state index >= 15 is 0 Å². The zero-order chi connectivity index (χ0) is 13.9. The van der Waals surface area contributed by atoms with Crippen LogP contribution in [0.25, 0.3) is 0 Å². The van der Waals surface area contributed by atoms with Gasteiger partial charge in [0.15, 0.2) is 0 Å². The van der Waals surface area contributed by atoms with Gasteiger partial charge in [0.05, 0.1) is 18.2 Å². The Balaban J connectivity index is 2.01. The lowest BCUT2D eigenvalue weighted by atomic mass is 10.0. The van der Waals surface area contributed by atoms with Gasteiger partial charge in [0.25, 0.3) is 0 Å². The first-order chi connectivity index (χ1) is 9.02. The van der Waals surface area contributed by atoms with Crippen LogP contribution in [0.15, 0.2) is 24.3 Å². The predicted octanol–water partition coefficient (Wildman–Crippen LogP) is 0.273. The van der Waals surface area contributed by atoms with Crippen LogP contribution in [-0.4, -0.2) is 40.9 Å². The molecule has 2 atom stereocenters. The average Bonchev–Trinajstić information content (AvgIpc) is 2.55. The molecule has 1 aliphatic rings. The summed E-state index contributed by atoms with van der Waals surface area (Å²) in [6.07, 6.45) is 1.47. The van der Waals surface area contributed by atoms with Crippen molar-refractivity contribution in [1.82, 2.24) is 5.32 Å². The molecule has 1 amide bonds. The van der Waals surface area contributed by atoms with Crippen molar-refractivity contribution in [1.29, 1.82) is 0 Å². The quantitative estimate of drug-likeness (QED) is 0.629. The largest absolute Gasteiger partial charge is 0.393 e. The van der Waals surface area contributed by atoms with Crippen LogP contribution in [0.2, 0.25) is 0 Å². The van der Waals surface area contributed by atoms with Gasteiger partial charge in [-0.15, -0.1) is 0 Å². The van der Waals surface area contributed by atoms with Gasteiger partial charge >= 0.3 is 0 Å². The molecular formula is C14H20N2O3. The number of fused-ring (bicyclic) bond motifs is 1. The first kappa shape index (κ1) is 14.0.